The molecule has 5 heteroatoms. The molecule has 2 rings (SSSR count). The Balaban J connectivity index is 2.58. The van der Waals surface area contributed by atoms with Gasteiger partial charge in [-0.3, -0.25) is 0 Å². The molecule has 2 aromatic rings. The van der Waals surface area contributed by atoms with Crippen LogP contribution in [0.25, 0.3) is 5.69 Å². The van der Waals surface area contributed by atoms with E-state index >= 15 is 0 Å². The molecule has 0 aliphatic carbocycles. The first-order valence-corrected chi connectivity index (χ1v) is 6.03. The summed E-state index contributed by atoms with van der Waals surface area (Å²) in [5, 5.41) is 5.08. The van der Waals surface area contributed by atoms with Gasteiger partial charge in [0.05, 0.1) is 11.4 Å². The number of halogens is 1. The van der Waals surface area contributed by atoms with E-state index in [2.05, 4.69) is 10.1 Å². The lowest BCUT2D eigenvalue weighted by Gasteiger charge is -2.07. The zero-order valence-corrected chi connectivity index (χ0v) is 10.7. The highest BCUT2D eigenvalue weighted by molar-refractivity contribution is 6.30. The molecule has 1 aromatic carbocycles. The van der Waals surface area contributed by atoms with E-state index in [4.69, 9.17) is 17.3 Å². The summed E-state index contributed by atoms with van der Waals surface area (Å²) in [6.45, 7) is 4.07. The van der Waals surface area contributed by atoms with Crippen molar-refractivity contribution in [3.8, 4) is 5.69 Å². The Labute approximate surface area is 105 Å². The quantitative estimate of drug-likeness (QED) is 0.852. The van der Waals surface area contributed by atoms with Crippen LogP contribution in [0.4, 0.5) is 5.69 Å². The largest absolute Gasteiger partial charge is 0.397 e. The number of nitrogens with two attached hydrogens (primary N) is 1. The van der Waals surface area contributed by atoms with Gasteiger partial charge in [-0.2, -0.15) is 5.10 Å². The van der Waals surface area contributed by atoms with Crippen LogP contribution in [0.5, 0.6) is 0 Å². The Kier molecular flexibility index (Phi) is 3.33. The molecule has 0 saturated carbocycles. The van der Waals surface area contributed by atoms with Gasteiger partial charge in [0.1, 0.15) is 5.82 Å². The molecule has 0 unspecified atom stereocenters. The van der Waals surface area contributed by atoms with Crippen LogP contribution in [0.3, 0.4) is 0 Å². The lowest BCUT2D eigenvalue weighted by atomic mass is 10.2. The molecule has 17 heavy (non-hydrogen) atoms. The van der Waals surface area contributed by atoms with Crippen molar-refractivity contribution in [3.63, 3.8) is 0 Å². The van der Waals surface area contributed by atoms with Crippen LogP contribution in [-0.4, -0.2) is 14.8 Å². The summed E-state index contributed by atoms with van der Waals surface area (Å²) in [6.07, 6.45) is 1.61. The summed E-state index contributed by atoms with van der Waals surface area (Å²) >= 11 is 5.99. The van der Waals surface area contributed by atoms with Crippen molar-refractivity contribution in [1.29, 1.82) is 0 Å². The summed E-state index contributed by atoms with van der Waals surface area (Å²) in [4.78, 5) is 4.45. The van der Waals surface area contributed by atoms with Crippen LogP contribution in [0, 0.1) is 0 Å². The minimum Gasteiger partial charge on any atom is -0.397 e. The molecule has 0 bridgehead atoms. The minimum absolute atomic E-state index is 0.643. The van der Waals surface area contributed by atoms with Crippen LogP contribution < -0.4 is 5.73 Å². The van der Waals surface area contributed by atoms with Crippen LogP contribution in [0.1, 0.15) is 25.5 Å². The third-order valence-electron chi connectivity index (χ3n) is 2.57. The maximum Gasteiger partial charge on any atom is 0.151 e. The first-order valence-electron chi connectivity index (χ1n) is 5.66. The normalized spacial score (nSPS) is 10.8. The molecule has 90 valence electrons. The molecule has 0 spiro atoms. The first kappa shape index (κ1) is 11.9. The lowest BCUT2D eigenvalue weighted by Crippen LogP contribution is -2.05. The molecule has 0 aliphatic heterocycles. The number of aromatic nitrogens is 3. The number of aryl methyl sites for hydroxylation is 2. The monoisotopic (exact) mass is 250 g/mol. The Morgan fingerprint density at radius 3 is 2.71 bits per heavy atom. The Morgan fingerprint density at radius 2 is 2.06 bits per heavy atom. The van der Waals surface area contributed by atoms with Gasteiger partial charge in [-0.05, 0) is 18.2 Å². The maximum atomic E-state index is 5.99. The van der Waals surface area contributed by atoms with Gasteiger partial charge in [0.15, 0.2) is 5.82 Å². The average Bonchev–Trinajstić information content (AvgIpc) is 2.75. The van der Waals surface area contributed by atoms with Crippen molar-refractivity contribution in [2.45, 2.75) is 26.7 Å². The van der Waals surface area contributed by atoms with E-state index in [1.54, 1.807) is 16.8 Å². The number of anilines is 1. The molecule has 0 radical (unpaired) electrons. The fourth-order valence-electron chi connectivity index (χ4n) is 1.66. The topological polar surface area (TPSA) is 56.7 Å². The maximum absolute atomic E-state index is 5.99. The van der Waals surface area contributed by atoms with Crippen LogP contribution in [-0.2, 0) is 12.8 Å². The smallest absolute Gasteiger partial charge is 0.151 e. The highest BCUT2D eigenvalue weighted by atomic mass is 35.5. The predicted octanol–water partition coefficient (Wildman–Crippen LogP) is 2.63. The van der Waals surface area contributed by atoms with Crippen molar-refractivity contribution >= 4 is 17.3 Å². The number of nitrogens with zero attached hydrogens (tertiary/aromatic N) is 3. The SMILES string of the molecule is CCc1nc(CC)n(-c2cc(Cl)ccc2N)n1. The summed E-state index contributed by atoms with van der Waals surface area (Å²) < 4.78 is 1.78. The van der Waals surface area contributed by atoms with E-state index in [0.717, 1.165) is 30.2 Å². The summed E-state index contributed by atoms with van der Waals surface area (Å²) in [7, 11) is 0. The summed E-state index contributed by atoms with van der Waals surface area (Å²) in [6, 6.07) is 5.36. The zero-order valence-electron chi connectivity index (χ0n) is 9.94. The second kappa shape index (κ2) is 4.75. The van der Waals surface area contributed by atoms with E-state index in [1.165, 1.54) is 0 Å². The van der Waals surface area contributed by atoms with Crippen molar-refractivity contribution in [2.75, 3.05) is 5.73 Å². The summed E-state index contributed by atoms with van der Waals surface area (Å²) in [5.41, 5.74) is 7.39. The van der Waals surface area contributed by atoms with E-state index in [9.17, 15) is 0 Å². The van der Waals surface area contributed by atoms with Gasteiger partial charge in [-0.1, -0.05) is 25.4 Å². The third-order valence-corrected chi connectivity index (χ3v) is 2.81. The molecule has 1 aromatic heterocycles. The average molecular weight is 251 g/mol. The highest BCUT2D eigenvalue weighted by Gasteiger charge is 2.11. The molecular weight excluding hydrogens is 236 g/mol. The Morgan fingerprint density at radius 1 is 1.29 bits per heavy atom. The highest BCUT2D eigenvalue weighted by Crippen LogP contribution is 2.22. The molecule has 0 fully saturated rings. The van der Waals surface area contributed by atoms with Gasteiger partial charge in [0.25, 0.3) is 0 Å². The molecule has 1 heterocycles. The van der Waals surface area contributed by atoms with Gasteiger partial charge in [-0.25, -0.2) is 9.67 Å². The van der Waals surface area contributed by atoms with Crippen molar-refractivity contribution < 1.29 is 0 Å². The van der Waals surface area contributed by atoms with E-state index in [-0.39, 0.29) is 0 Å². The molecular formula is C12H15ClN4. The number of benzene rings is 1. The van der Waals surface area contributed by atoms with Crippen LogP contribution >= 0.6 is 11.6 Å². The number of hydrogen-bond acceptors (Lipinski definition) is 3. The number of rotatable bonds is 3. The van der Waals surface area contributed by atoms with Crippen molar-refractivity contribution in [2.24, 2.45) is 0 Å². The Bertz CT molecular complexity index is 533. The van der Waals surface area contributed by atoms with E-state index in [0.29, 0.717) is 10.7 Å². The molecule has 2 N–H and O–H groups in total. The minimum atomic E-state index is 0.643. The third kappa shape index (κ3) is 2.26. The first-order chi connectivity index (χ1) is 8.15. The van der Waals surface area contributed by atoms with Gasteiger partial charge in [-0.15, -0.1) is 0 Å². The predicted molar refractivity (Wildman–Crippen MR) is 69.5 cm³/mol. The number of hydrogen-bond donors (Lipinski definition) is 1. The fraction of sp³-hybridized carbons (Fsp3) is 0.333. The van der Waals surface area contributed by atoms with Crippen LogP contribution in [0.2, 0.25) is 5.02 Å². The zero-order chi connectivity index (χ0) is 12.4. The summed E-state index contributed by atoms with van der Waals surface area (Å²) in [5.74, 6) is 1.72. The molecule has 0 aliphatic rings. The van der Waals surface area contributed by atoms with E-state index < -0.39 is 0 Å². The molecule has 4 nitrogen and oxygen atoms in total. The van der Waals surface area contributed by atoms with Crippen molar-refractivity contribution in [3.05, 3.63) is 34.9 Å². The standard InChI is InChI=1S/C12H15ClN4/c1-3-11-15-12(4-2)17(16-11)10-7-8(13)5-6-9(10)14/h5-7H,3-4,14H2,1-2H3. The molecule has 0 amide bonds. The second-order valence-electron chi connectivity index (χ2n) is 3.77. The van der Waals surface area contributed by atoms with Gasteiger partial charge < -0.3 is 5.73 Å². The van der Waals surface area contributed by atoms with Gasteiger partial charge in [0.2, 0.25) is 0 Å². The lowest BCUT2D eigenvalue weighted by molar-refractivity contribution is 0.793. The second-order valence-corrected chi connectivity index (χ2v) is 4.20. The fourth-order valence-corrected chi connectivity index (χ4v) is 1.83. The van der Waals surface area contributed by atoms with Gasteiger partial charge >= 0.3 is 0 Å². The molecule has 0 atom stereocenters. The van der Waals surface area contributed by atoms with E-state index in [1.807, 2.05) is 19.9 Å². The van der Waals surface area contributed by atoms with Crippen molar-refractivity contribution in [1.82, 2.24) is 14.8 Å². The number of nitrogen functional groups attached to an aromatic ring is 1. The van der Waals surface area contributed by atoms with Crippen LogP contribution in [0.15, 0.2) is 18.2 Å². The van der Waals surface area contributed by atoms with Gasteiger partial charge in [0, 0.05) is 17.9 Å². The molecule has 0 saturated heterocycles. The Hall–Kier alpha value is -1.55.